The molecule has 9 heteroatoms. The van der Waals surface area contributed by atoms with Crippen LogP contribution in [0.2, 0.25) is 0 Å². The largest absolute Gasteiger partial charge is 0.363 e. The number of hydrogen-bond donors (Lipinski definition) is 2. The van der Waals surface area contributed by atoms with Crippen LogP contribution in [0.15, 0.2) is 30.5 Å². The number of carbonyl (C=O) groups excluding carboxylic acids is 1. The molecule has 0 atom stereocenters. The summed E-state index contributed by atoms with van der Waals surface area (Å²) in [6.45, 7) is 2.25. The first-order valence-corrected chi connectivity index (χ1v) is 10.1. The van der Waals surface area contributed by atoms with E-state index in [0.29, 0.717) is 35.6 Å². The summed E-state index contributed by atoms with van der Waals surface area (Å²) in [7, 11) is 3.90. The van der Waals surface area contributed by atoms with Crippen molar-refractivity contribution in [2.24, 2.45) is 5.92 Å². The summed E-state index contributed by atoms with van der Waals surface area (Å²) in [6, 6.07) is 6.65. The molecule has 1 aliphatic carbocycles. The summed E-state index contributed by atoms with van der Waals surface area (Å²) in [5.41, 5.74) is 0.962. The zero-order valence-corrected chi connectivity index (χ0v) is 17.6. The highest BCUT2D eigenvalue weighted by Crippen LogP contribution is 2.26. The molecule has 160 valence electrons. The van der Waals surface area contributed by atoms with E-state index in [-0.39, 0.29) is 11.6 Å². The molecule has 30 heavy (non-hydrogen) atoms. The third-order valence-electron chi connectivity index (χ3n) is 5.49. The highest BCUT2D eigenvalue weighted by Gasteiger charge is 2.22. The van der Waals surface area contributed by atoms with Crippen LogP contribution in [0.5, 0.6) is 0 Å². The molecule has 1 aromatic heterocycles. The predicted octanol–water partition coefficient (Wildman–Crippen LogP) is 3.16. The fraction of sp³-hybridized carbons (Fsp3) is 0.476. The minimum absolute atomic E-state index is 0.0254. The highest BCUT2D eigenvalue weighted by atomic mass is 16.6. The van der Waals surface area contributed by atoms with Gasteiger partial charge in [0.25, 0.3) is 11.6 Å². The number of benzene rings is 1. The van der Waals surface area contributed by atoms with Crippen LogP contribution in [-0.4, -0.2) is 47.5 Å². The third kappa shape index (κ3) is 5.43. The molecule has 0 unspecified atom stereocenters. The monoisotopic (exact) mass is 412 g/mol. The molecule has 0 saturated heterocycles. The maximum Gasteiger partial charge on any atom is 0.272 e. The van der Waals surface area contributed by atoms with Gasteiger partial charge in [-0.2, -0.15) is 4.98 Å². The molecule has 0 aliphatic heterocycles. The number of carbonyl (C=O) groups is 1. The standard InChI is InChI=1S/C21H28N6O3/c1-14-12-16(6-9-18(14)27(29)30)20(28)23-13-15-4-7-17(8-5-15)24-21-22-11-10-19(25-21)26(2)3/h6,9-12,15,17H,4-5,7-8,13H2,1-3H3,(H,23,28)(H,22,24,25). The van der Waals surface area contributed by atoms with Gasteiger partial charge in [-0.15, -0.1) is 0 Å². The lowest BCUT2D eigenvalue weighted by atomic mass is 9.86. The van der Waals surface area contributed by atoms with Gasteiger partial charge in [0.05, 0.1) is 4.92 Å². The van der Waals surface area contributed by atoms with Crippen molar-refractivity contribution in [2.45, 2.75) is 38.6 Å². The number of nitro benzene ring substituents is 1. The van der Waals surface area contributed by atoms with Crippen molar-refractivity contribution in [1.29, 1.82) is 0 Å². The van der Waals surface area contributed by atoms with Gasteiger partial charge in [-0.1, -0.05) is 0 Å². The number of nitrogens with zero attached hydrogens (tertiary/aromatic N) is 4. The fourth-order valence-corrected chi connectivity index (χ4v) is 3.70. The quantitative estimate of drug-likeness (QED) is 0.530. The zero-order chi connectivity index (χ0) is 21.7. The van der Waals surface area contributed by atoms with E-state index in [1.54, 1.807) is 19.2 Å². The Labute approximate surface area is 176 Å². The maximum atomic E-state index is 12.4. The first-order valence-electron chi connectivity index (χ1n) is 10.1. The van der Waals surface area contributed by atoms with Crippen molar-refractivity contribution in [3.05, 3.63) is 51.7 Å². The van der Waals surface area contributed by atoms with E-state index < -0.39 is 4.92 Å². The second-order valence-electron chi connectivity index (χ2n) is 7.96. The first kappa shape index (κ1) is 21.5. The van der Waals surface area contributed by atoms with E-state index in [1.807, 2.05) is 25.1 Å². The lowest BCUT2D eigenvalue weighted by Crippen LogP contribution is -2.34. The first-order chi connectivity index (χ1) is 14.3. The Morgan fingerprint density at radius 3 is 2.60 bits per heavy atom. The van der Waals surface area contributed by atoms with Gasteiger partial charge in [0.2, 0.25) is 5.95 Å². The Kier molecular flexibility index (Phi) is 6.81. The number of aromatic nitrogens is 2. The van der Waals surface area contributed by atoms with Crippen LogP contribution in [0.25, 0.3) is 0 Å². The van der Waals surface area contributed by atoms with E-state index in [1.165, 1.54) is 12.1 Å². The van der Waals surface area contributed by atoms with Crippen LogP contribution in [0.1, 0.15) is 41.6 Å². The van der Waals surface area contributed by atoms with E-state index in [0.717, 1.165) is 31.5 Å². The molecule has 1 amide bonds. The molecule has 2 N–H and O–H groups in total. The number of anilines is 2. The topological polar surface area (TPSA) is 113 Å². The van der Waals surface area contributed by atoms with Crippen LogP contribution >= 0.6 is 0 Å². The SMILES string of the molecule is Cc1cc(C(=O)NCC2CCC(Nc3nccc(N(C)C)n3)CC2)ccc1[N+](=O)[O-]. The van der Waals surface area contributed by atoms with Gasteiger partial charge < -0.3 is 15.5 Å². The summed E-state index contributed by atoms with van der Waals surface area (Å²) >= 11 is 0. The lowest BCUT2D eigenvalue weighted by molar-refractivity contribution is -0.385. The Balaban J connectivity index is 1.46. The molecule has 0 radical (unpaired) electrons. The van der Waals surface area contributed by atoms with Gasteiger partial charge >= 0.3 is 0 Å². The Bertz CT molecular complexity index is 909. The molecule has 1 aliphatic rings. The highest BCUT2D eigenvalue weighted by molar-refractivity contribution is 5.94. The van der Waals surface area contributed by atoms with Crippen LogP contribution in [0, 0.1) is 23.0 Å². The summed E-state index contributed by atoms with van der Waals surface area (Å²) in [5.74, 6) is 1.74. The van der Waals surface area contributed by atoms with Crippen molar-refractivity contribution in [3.8, 4) is 0 Å². The minimum Gasteiger partial charge on any atom is -0.363 e. The lowest BCUT2D eigenvalue weighted by Gasteiger charge is -2.29. The number of nitro groups is 1. The fourth-order valence-electron chi connectivity index (χ4n) is 3.70. The molecule has 1 aromatic carbocycles. The molecule has 9 nitrogen and oxygen atoms in total. The molecular weight excluding hydrogens is 384 g/mol. The van der Waals surface area contributed by atoms with Crippen molar-refractivity contribution in [1.82, 2.24) is 15.3 Å². The van der Waals surface area contributed by atoms with Gasteiger partial charge in [-0.25, -0.2) is 4.98 Å². The number of aryl methyl sites for hydroxylation is 1. The molecule has 3 rings (SSSR count). The van der Waals surface area contributed by atoms with Crippen LogP contribution in [-0.2, 0) is 0 Å². The molecule has 1 fully saturated rings. The van der Waals surface area contributed by atoms with Gasteiger partial charge in [0.15, 0.2) is 0 Å². The average molecular weight is 412 g/mol. The smallest absolute Gasteiger partial charge is 0.272 e. The Hall–Kier alpha value is -3.23. The van der Waals surface area contributed by atoms with Crippen molar-refractivity contribution < 1.29 is 9.72 Å². The summed E-state index contributed by atoms with van der Waals surface area (Å²) in [5, 5.41) is 17.3. The molecule has 1 heterocycles. The molecular formula is C21H28N6O3. The van der Waals surface area contributed by atoms with E-state index in [9.17, 15) is 14.9 Å². The number of hydrogen-bond acceptors (Lipinski definition) is 7. The number of rotatable bonds is 7. The molecule has 0 spiro atoms. The van der Waals surface area contributed by atoms with E-state index in [2.05, 4.69) is 20.6 Å². The van der Waals surface area contributed by atoms with Crippen LogP contribution < -0.4 is 15.5 Å². The maximum absolute atomic E-state index is 12.4. The van der Waals surface area contributed by atoms with Gasteiger partial charge in [0, 0.05) is 50.1 Å². The van der Waals surface area contributed by atoms with E-state index >= 15 is 0 Å². The van der Waals surface area contributed by atoms with Crippen LogP contribution in [0.4, 0.5) is 17.5 Å². The van der Waals surface area contributed by atoms with Crippen LogP contribution in [0.3, 0.4) is 0 Å². The summed E-state index contributed by atoms with van der Waals surface area (Å²) in [6.07, 6.45) is 5.75. The minimum atomic E-state index is -0.439. The number of nitrogens with one attached hydrogen (secondary N) is 2. The molecule has 1 saturated carbocycles. The Morgan fingerprint density at radius 2 is 1.97 bits per heavy atom. The molecule has 0 bridgehead atoms. The van der Waals surface area contributed by atoms with Crippen molar-refractivity contribution >= 4 is 23.4 Å². The van der Waals surface area contributed by atoms with Gasteiger partial charge in [0.1, 0.15) is 5.82 Å². The Morgan fingerprint density at radius 1 is 1.23 bits per heavy atom. The summed E-state index contributed by atoms with van der Waals surface area (Å²) in [4.78, 5) is 33.6. The zero-order valence-electron chi connectivity index (χ0n) is 17.6. The van der Waals surface area contributed by atoms with E-state index in [4.69, 9.17) is 0 Å². The van der Waals surface area contributed by atoms with Gasteiger partial charge in [-0.3, -0.25) is 14.9 Å². The second kappa shape index (κ2) is 9.51. The summed E-state index contributed by atoms with van der Waals surface area (Å²) < 4.78 is 0. The average Bonchev–Trinajstić information content (AvgIpc) is 2.73. The van der Waals surface area contributed by atoms with Crippen molar-refractivity contribution in [2.75, 3.05) is 30.9 Å². The second-order valence-corrected chi connectivity index (χ2v) is 7.96. The van der Waals surface area contributed by atoms with Gasteiger partial charge in [-0.05, 0) is 56.7 Å². The number of amides is 1. The van der Waals surface area contributed by atoms with Crippen molar-refractivity contribution in [3.63, 3.8) is 0 Å². The molecule has 2 aromatic rings. The predicted molar refractivity (Wildman–Crippen MR) is 116 cm³/mol. The normalized spacial score (nSPS) is 18.5. The third-order valence-corrected chi connectivity index (χ3v) is 5.49.